The van der Waals surface area contributed by atoms with Crippen molar-refractivity contribution in [2.45, 2.75) is 58.8 Å². The summed E-state index contributed by atoms with van der Waals surface area (Å²) in [6.07, 6.45) is 7.56. The van der Waals surface area contributed by atoms with E-state index >= 15 is 0 Å². The largest absolute Gasteiger partial charge is 0.492 e. The zero-order chi connectivity index (χ0) is 15.5. The van der Waals surface area contributed by atoms with Gasteiger partial charge in [0.25, 0.3) is 0 Å². The number of hydrogen-bond acceptors (Lipinski definition) is 2. The van der Waals surface area contributed by atoms with E-state index < -0.39 is 5.82 Å². The minimum absolute atomic E-state index is 0.0125. The Kier molecular flexibility index (Phi) is 9.24. The highest BCUT2D eigenvalue weighted by atomic mass is 35.5. The lowest BCUT2D eigenvalue weighted by Gasteiger charge is -2.12. The molecule has 0 saturated carbocycles. The fraction of sp³-hybridized carbons (Fsp3) is 0.647. The van der Waals surface area contributed by atoms with Crippen LogP contribution in [-0.4, -0.2) is 13.2 Å². The number of unbranched alkanes of at least 4 members (excludes halogenated alkanes) is 5. The average molecular weight is 317 g/mol. The van der Waals surface area contributed by atoms with Crippen molar-refractivity contribution in [3.8, 4) is 11.5 Å². The van der Waals surface area contributed by atoms with E-state index in [-0.39, 0.29) is 10.8 Å². The minimum atomic E-state index is -0.528. The summed E-state index contributed by atoms with van der Waals surface area (Å²) in [5, 5.41) is 0.0125. The molecule has 0 aliphatic rings. The highest BCUT2D eigenvalue weighted by Crippen LogP contribution is 2.33. The van der Waals surface area contributed by atoms with Crippen molar-refractivity contribution in [2.24, 2.45) is 0 Å². The van der Waals surface area contributed by atoms with Crippen molar-refractivity contribution < 1.29 is 13.9 Å². The van der Waals surface area contributed by atoms with Crippen LogP contribution in [-0.2, 0) is 0 Å². The monoisotopic (exact) mass is 316 g/mol. The Hall–Kier alpha value is -0.960. The molecule has 1 aromatic carbocycles. The first-order valence-electron chi connectivity index (χ1n) is 7.94. The molecule has 0 aliphatic carbocycles. The summed E-state index contributed by atoms with van der Waals surface area (Å²) in [6, 6.07) is 3.27. The van der Waals surface area contributed by atoms with E-state index in [0.717, 1.165) is 32.1 Å². The summed E-state index contributed by atoms with van der Waals surface area (Å²) >= 11 is 6.00. The molecule has 0 spiro atoms. The van der Waals surface area contributed by atoms with Crippen molar-refractivity contribution in [3.05, 3.63) is 23.0 Å². The predicted octanol–water partition coefficient (Wildman–Crippen LogP) is 6.01. The van der Waals surface area contributed by atoms with Crippen LogP contribution in [0.15, 0.2) is 12.1 Å². The molecule has 0 radical (unpaired) electrons. The zero-order valence-corrected chi connectivity index (χ0v) is 13.8. The topological polar surface area (TPSA) is 18.5 Å². The van der Waals surface area contributed by atoms with Gasteiger partial charge in [-0.2, -0.15) is 0 Å². The van der Waals surface area contributed by atoms with Crippen molar-refractivity contribution in [3.63, 3.8) is 0 Å². The molecule has 2 nitrogen and oxygen atoms in total. The maximum Gasteiger partial charge on any atom is 0.187 e. The molecule has 120 valence electrons. The van der Waals surface area contributed by atoms with Gasteiger partial charge in [0.05, 0.1) is 13.2 Å². The Morgan fingerprint density at radius 2 is 1.38 bits per heavy atom. The smallest absolute Gasteiger partial charge is 0.187 e. The minimum Gasteiger partial charge on any atom is -0.492 e. The third-order valence-electron chi connectivity index (χ3n) is 3.27. The van der Waals surface area contributed by atoms with Gasteiger partial charge in [-0.3, -0.25) is 0 Å². The number of ether oxygens (including phenoxy) is 2. The average Bonchev–Trinajstić information content (AvgIpc) is 2.49. The Balaban J connectivity index is 2.47. The third-order valence-corrected chi connectivity index (χ3v) is 3.62. The first-order valence-corrected chi connectivity index (χ1v) is 8.32. The van der Waals surface area contributed by atoms with Crippen LogP contribution in [0.5, 0.6) is 11.5 Å². The van der Waals surface area contributed by atoms with Gasteiger partial charge < -0.3 is 9.47 Å². The van der Waals surface area contributed by atoms with E-state index in [1.807, 2.05) is 0 Å². The van der Waals surface area contributed by atoms with Gasteiger partial charge in [0.2, 0.25) is 0 Å². The molecule has 0 amide bonds. The molecule has 0 saturated heterocycles. The maximum absolute atomic E-state index is 14.1. The van der Waals surface area contributed by atoms with E-state index in [2.05, 4.69) is 13.8 Å². The first kappa shape index (κ1) is 18.1. The second-order valence-corrected chi connectivity index (χ2v) is 5.53. The molecule has 0 unspecified atom stereocenters. The Bertz CT molecular complexity index is 410. The van der Waals surface area contributed by atoms with Crippen LogP contribution in [0.1, 0.15) is 58.8 Å². The maximum atomic E-state index is 14.1. The van der Waals surface area contributed by atoms with Crippen molar-refractivity contribution >= 4 is 11.6 Å². The van der Waals surface area contributed by atoms with Crippen LogP contribution in [0.4, 0.5) is 4.39 Å². The molecule has 0 atom stereocenters. The van der Waals surface area contributed by atoms with Gasteiger partial charge in [0, 0.05) is 0 Å². The van der Waals surface area contributed by atoms with E-state index in [1.54, 1.807) is 12.1 Å². The van der Waals surface area contributed by atoms with Crippen LogP contribution < -0.4 is 9.47 Å². The van der Waals surface area contributed by atoms with Gasteiger partial charge in [-0.05, 0) is 25.0 Å². The van der Waals surface area contributed by atoms with Gasteiger partial charge in [0.1, 0.15) is 10.8 Å². The third kappa shape index (κ3) is 6.56. The Morgan fingerprint density at radius 1 is 0.857 bits per heavy atom. The number of rotatable bonds is 11. The lowest BCUT2D eigenvalue weighted by atomic mass is 10.2. The molecular formula is C17H26ClFO2. The molecule has 0 heterocycles. The summed E-state index contributed by atoms with van der Waals surface area (Å²) in [6.45, 7) is 5.35. The van der Waals surface area contributed by atoms with E-state index in [0.29, 0.717) is 19.0 Å². The molecule has 1 rings (SSSR count). The van der Waals surface area contributed by atoms with Crippen molar-refractivity contribution in [1.29, 1.82) is 0 Å². The van der Waals surface area contributed by atoms with Gasteiger partial charge in [-0.25, -0.2) is 4.39 Å². The van der Waals surface area contributed by atoms with Crippen LogP contribution in [0.2, 0.25) is 5.02 Å². The standard InChI is InChI=1S/C17H26ClFO2/c1-3-5-7-9-13-20-14-10-11-15(17(19)16(14)18)21-12-8-6-4-2/h10-11H,3-9,12-13H2,1-2H3. The van der Waals surface area contributed by atoms with Crippen molar-refractivity contribution in [1.82, 2.24) is 0 Å². The molecule has 4 heteroatoms. The predicted molar refractivity (Wildman–Crippen MR) is 86.1 cm³/mol. The fourth-order valence-electron chi connectivity index (χ4n) is 1.98. The SMILES string of the molecule is CCCCCCOc1ccc(OCCCCC)c(F)c1Cl. The van der Waals surface area contributed by atoms with Gasteiger partial charge in [0.15, 0.2) is 11.6 Å². The van der Waals surface area contributed by atoms with Crippen LogP contribution in [0, 0.1) is 5.82 Å². The molecule has 21 heavy (non-hydrogen) atoms. The summed E-state index contributed by atoms with van der Waals surface area (Å²) in [5.74, 6) is 0.0697. The number of halogens is 2. The summed E-state index contributed by atoms with van der Waals surface area (Å²) < 4.78 is 25.0. The zero-order valence-electron chi connectivity index (χ0n) is 13.1. The molecular weight excluding hydrogens is 291 g/mol. The summed E-state index contributed by atoms with van der Waals surface area (Å²) in [5.41, 5.74) is 0. The van der Waals surface area contributed by atoms with Crippen LogP contribution in [0.3, 0.4) is 0 Å². The molecule has 0 aliphatic heterocycles. The van der Waals surface area contributed by atoms with E-state index in [4.69, 9.17) is 21.1 Å². The highest BCUT2D eigenvalue weighted by Gasteiger charge is 2.13. The van der Waals surface area contributed by atoms with Crippen molar-refractivity contribution in [2.75, 3.05) is 13.2 Å². The Morgan fingerprint density at radius 3 is 2.05 bits per heavy atom. The second kappa shape index (κ2) is 10.7. The lowest BCUT2D eigenvalue weighted by Crippen LogP contribution is -2.02. The van der Waals surface area contributed by atoms with Crippen LogP contribution in [0.25, 0.3) is 0 Å². The molecule has 1 aromatic rings. The lowest BCUT2D eigenvalue weighted by molar-refractivity contribution is 0.284. The number of hydrogen-bond donors (Lipinski definition) is 0. The molecule has 0 N–H and O–H groups in total. The highest BCUT2D eigenvalue weighted by molar-refractivity contribution is 6.32. The fourth-order valence-corrected chi connectivity index (χ4v) is 2.19. The van der Waals surface area contributed by atoms with E-state index in [9.17, 15) is 4.39 Å². The normalized spacial score (nSPS) is 10.7. The van der Waals surface area contributed by atoms with Gasteiger partial charge >= 0.3 is 0 Å². The quantitative estimate of drug-likeness (QED) is 0.466. The Labute approximate surface area is 132 Å². The summed E-state index contributed by atoms with van der Waals surface area (Å²) in [4.78, 5) is 0. The molecule has 0 fully saturated rings. The molecule has 0 bridgehead atoms. The van der Waals surface area contributed by atoms with E-state index in [1.165, 1.54) is 12.8 Å². The first-order chi connectivity index (χ1) is 10.2. The number of benzene rings is 1. The second-order valence-electron chi connectivity index (χ2n) is 5.15. The summed E-state index contributed by atoms with van der Waals surface area (Å²) in [7, 11) is 0. The van der Waals surface area contributed by atoms with Gasteiger partial charge in [-0.1, -0.05) is 57.6 Å². The van der Waals surface area contributed by atoms with Crippen LogP contribution >= 0.6 is 11.6 Å². The van der Waals surface area contributed by atoms with Gasteiger partial charge in [-0.15, -0.1) is 0 Å². The molecule has 0 aromatic heterocycles.